The van der Waals surface area contributed by atoms with Gasteiger partial charge in [-0.3, -0.25) is 19.3 Å². The standard InChI is InChI=1S/C20H14F2N2O6S/c21-12-3-6-15(14(22)8-12)23-17(25)9-24-19(28)16(31-20(24)29)7-11-1-4-13(5-2-11)30-10-18(26)27/h1-8H,9-10H2,(H,23,25)(H,26,27)/b16-7+. The molecule has 1 heterocycles. The minimum Gasteiger partial charge on any atom is -0.482 e. The highest BCUT2D eigenvalue weighted by molar-refractivity contribution is 8.18. The third kappa shape index (κ3) is 5.66. The highest BCUT2D eigenvalue weighted by atomic mass is 32.2. The molecule has 160 valence electrons. The van der Waals surface area contributed by atoms with Gasteiger partial charge in [0, 0.05) is 6.07 Å². The Labute approximate surface area is 178 Å². The highest BCUT2D eigenvalue weighted by Gasteiger charge is 2.36. The Morgan fingerprint density at radius 2 is 1.84 bits per heavy atom. The van der Waals surface area contributed by atoms with Gasteiger partial charge >= 0.3 is 5.97 Å². The molecular weight excluding hydrogens is 434 g/mol. The second-order valence-electron chi connectivity index (χ2n) is 6.19. The number of aliphatic carboxylic acids is 1. The minimum atomic E-state index is -1.12. The molecule has 1 aliphatic rings. The summed E-state index contributed by atoms with van der Waals surface area (Å²) >= 11 is 0.634. The molecule has 31 heavy (non-hydrogen) atoms. The molecule has 0 spiro atoms. The quantitative estimate of drug-likeness (QED) is 0.626. The highest BCUT2D eigenvalue weighted by Crippen LogP contribution is 2.32. The molecule has 3 rings (SSSR count). The van der Waals surface area contributed by atoms with Gasteiger partial charge in [-0.15, -0.1) is 0 Å². The van der Waals surface area contributed by atoms with E-state index in [0.717, 1.165) is 12.1 Å². The van der Waals surface area contributed by atoms with Crippen LogP contribution in [0.3, 0.4) is 0 Å². The number of amides is 3. The summed E-state index contributed by atoms with van der Waals surface area (Å²) in [5, 5.41) is 10.1. The number of hydrogen-bond donors (Lipinski definition) is 2. The van der Waals surface area contributed by atoms with Gasteiger partial charge in [-0.1, -0.05) is 12.1 Å². The predicted molar refractivity (Wildman–Crippen MR) is 107 cm³/mol. The van der Waals surface area contributed by atoms with E-state index in [2.05, 4.69) is 5.32 Å². The van der Waals surface area contributed by atoms with Crippen LogP contribution in [0, 0.1) is 11.6 Å². The monoisotopic (exact) mass is 448 g/mol. The number of carbonyl (C=O) groups excluding carboxylic acids is 3. The van der Waals surface area contributed by atoms with Crippen molar-refractivity contribution < 1.29 is 37.8 Å². The average molecular weight is 448 g/mol. The third-order valence-corrected chi connectivity index (χ3v) is 4.83. The number of benzene rings is 2. The molecule has 0 aliphatic carbocycles. The van der Waals surface area contributed by atoms with E-state index in [4.69, 9.17) is 9.84 Å². The van der Waals surface area contributed by atoms with Crippen LogP contribution >= 0.6 is 11.8 Å². The van der Waals surface area contributed by atoms with Crippen LogP contribution in [0.15, 0.2) is 47.4 Å². The lowest BCUT2D eigenvalue weighted by Gasteiger charge is -2.12. The molecule has 11 heteroatoms. The lowest BCUT2D eigenvalue weighted by molar-refractivity contribution is -0.139. The van der Waals surface area contributed by atoms with Crippen LogP contribution in [0.1, 0.15) is 5.56 Å². The fourth-order valence-electron chi connectivity index (χ4n) is 2.52. The van der Waals surface area contributed by atoms with Crippen molar-refractivity contribution in [1.29, 1.82) is 0 Å². The summed E-state index contributed by atoms with van der Waals surface area (Å²) < 4.78 is 31.6. The van der Waals surface area contributed by atoms with E-state index in [1.54, 1.807) is 12.1 Å². The average Bonchev–Trinajstić information content (AvgIpc) is 2.97. The van der Waals surface area contributed by atoms with E-state index < -0.39 is 47.8 Å². The van der Waals surface area contributed by atoms with Crippen molar-refractivity contribution in [3.05, 3.63) is 64.6 Å². The van der Waals surface area contributed by atoms with Gasteiger partial charge in [-0.25, -0.2) is 13.6 Å². The Morgan fingerprint density at radius 1 is 1.13 bits per heavy atom. The van der Waals surface area contributed by atoms with Crippen molar-refractivity contribution in [3.8, 4) is 5.75 Å². The largest absolute Gasteiger partial charge is 0.482 e. The second-order valence-corrected chi connectivity index (χ2v) is 7.18. The summed E-state index contributed by atoms with van der Waals surface area (Å²) in [7, 11) is 0. The first kappa shape index (κ1) is 22.0. The van der Waals surface area contributed by atoms with Crippen molar-refractivity contribution >= 4 is 46.5 Å². The molecule has 8 nitrogen and oxygen atoms in total. The molecule has 0 atom stereocenters. The molecule has 0 bridgehead atoms. The normalized spacial score (nSPS) is 14.8. The summed E-state index contributed by atoms with van der Waals surface area (Å²) in [6, 6.07) is 8.72. The van der Waals surface area contributed by atoms with Crippen molar-refractivity contribution in [1.82, 2.24) is 4.90 Å². The molecule has 1 fully saturated rings. The smallest absolute Gasteiger partial charge is 0.341 e. The third-order valence-electron chi connectivity index (χ3n) is 3.92. The number of halogens is 2. The molecule has 2 N–H and O–H groups in total. The minimum absolute atomic E-state index is 0.0740. The van der Waals surface area contributed by atoms with Gasteiger partial charge in [0.1, 0.15) is 23.9 Å². The van der Waals surface area contributed by atoms with E-state index in [9.17, 15) is 28.0 Å². The van der Waals surface area contributed by atoms with Crippen LogP contribution in [0.5, 0.6) is 5.75 Å². The number of nitrogens with one attached hydrogen (secondary N) is 1. The summed E-state index contributed by atoms with van der Waals surface area (Å²) in [4.78, 5) is 48.0. The molecule has 0 saturated carbocycles. The topological polar surface area (TPSA) is 113 Å². The van der Waals surface area contributed by atoms with E-state index >= 15 is 0 Å². The molecule has 2 aromatic carbocycles. The van der Waals surface area contributed by atoms with Gasteiger partial charge in [0.15, 0.2) is 6.61 Å². The molecule has 1 saturated heterocycles. The number of carboxylic acid groups (broad SMARTS) is 1. The Kier molecular flexibility index (Phi) is 6.65. The maximum atomic E-state index is 13.6. The zero-order valence-electron chi connectivity index (χ0n) is 15.6. The van der Waals surface area contributed by atoms with Gasteiger partial charge in [-0.05, 0) is 47.7 Å². The van der Waals surface area contributed by atoms with Crippen LogP contribution in [0.25, 0.3) is 6.08 Å². The van der Waals surface area contributed by atoms with Crippen molar-refractivity contribution in [2.45, 2.75) is 0 Å². The predicted octanol–water partition coefficient (Wildman–Crippen LogP) is 3.10. The van der Waals surface area contributed by atoms with E-state index in [0.29, 0.717) is 34.0 Å². The fourth-order valence-corrected chi connectivity index (χ4v) is 3.36. The number of thioether (sulfide) groups is 1. The van der Waals surface area contributed by atoms with Gasteiger partial charge in [0.25, 0.3) is 11.1 Å². The van der Waals surface area contributed by atoms with E-state index in [1.165, 1.54) is 18.2 Å². The number of carbonyl (C=O) groups is 4. The molecule has 0 radical (unpaired) electrons. The summed E-state index contributed by atoms with van der Waals surface area (Å²) in [6.07, 6.45) is 1.43. The first-order valence-corrected chi connectivity index (χ1v) is 9.49. The number of nitrogens with zero attached hydrogens (tertiary/aromatic N) is 1. The number of rotatable bonds is 7. The molecule has 2 aromatic rings. The number of ether oxygens (including phenoxy) is 1. The lowest BCUT2D eigenvalue weighted by atomic mass is 10.2. The Morgan fingerprint density at radius 3 is 2.48 bits per heavy atom. The van der Waals surface area contributed by atoms with Crippen LogP contribution in [0.4, 0.5) is 19.3 Å². The second kappa shape index (κ2) is 9.39. The zero-order chi connectivity index (χ0) is 22.5. The first-order chi connectivity index (χ1) is 14.7. The van der Waals surface area contributed by atoms with Gasteiger partial charge in [0.2, 0.25) is 5.91 Å². The van der Waals surface area contributed by atoms with Crippen molar-refractivity contribution in [2.75, 3.05) is 18.5 Å². The zero-order valence-corrected chi connectivity index (χ0v) is 16.4. The summed E-state index contributed by atoms with van der Waals surface area (Å²) in [5.41, 5.74) is 0.269. The molecule has 3 amide bonds. The number of hydrogen-bond acceptors (Lipinski definition) is 6. The summed E-state index contributed by atoms with van der Waals surface area (Å²) in [6.45, 7) is -1.14. The van der Waals surface area contributed by atoms with Crippen LogP contribution in [-0.2, 0) is 14.4 Å². The molecule has 0 aromatic heterocycles. The Balaban J connectivity index is 1.64. The molecular formula is C20H14F2N2O6S. The van der Waals surface area contributed by atoms with Crippen LogP contribution in [-0.4, -0.2) is 46.2 Å². The van der Waals surface area contributed by atoms with Crippen molar-refractivity contribution in [2.24, 2.45) is 0 Å². The Bertz CT molecular complexity index is 1090. The molecule has 1 aliphatic heterocycles. The van der Waals surface area contributed by atoms with Gasteiger partial charge in [-0.2, -0.15) is 0 Å². The number of anilines is 1. The lowest BCUT2D eigenvalue weighted by Crippen LogP contribution is -2.36. The summed E-state index contributed by atoms with van der Waals surface area (Å²) in [5.74, 6) is -4.13. The molecule has 0 unspecified atom stereocenters. The van der Waals surface area contributed by atoms with E-state index in [-0.39, 0.29) is 10.6 Å². The van der Waals surface area contributed by atoms with Gasteiger partial charge in [0.05, 0.1) is 10.6 Å². The maximum absolute atomic E-state index is 13.6. The fraction of sp³-hybridized carbons (Fsp3) is 0.100. The van der Waals surface area contributed by atoms with E-state index in [1.807, 2.05) is 0 Å². The number of imide groups is 1. The van der Waals surface area contributed by atoms with Crippen molar-refractivity contribution in [3.63, 3.8) is 0 Å². The van der Waals surface area contributed by atoms with Crippen LogP contribution in [0.2, 0.25) is 0 Å². The van der Waals surface area contributed by atoms with Crippen LogP contribution < -0.4 is 10.1 Å². The first-order valence-electron chi connectivity index (χ1n) is 8.68. The maximum Gasteiger partial charge on any atom is 0.341 e. The SMILES string of the molecule is O=C(O)COc1ccc(/C=C2/SC(=O)N(CC(=O)Nc3ccc(F)cc3F)C2=O)cc1. The number of carboxylic acids is 1. The Hall–Kier alpha value is -3.73. The van der Waals surface area contributed by atoms with Gasteiger partial charge < -0.3 is 15.2 Å².